The molecular formula is C13H15N5S. The van der Waals surface area contributed by atoms with Gasteiger partial charge in [-0.2, -0.15) is 9.61 Å². The second kappa shape index (κ2) is 4.71. The van der Waals surface area contributed by atoms with E-state index in [4.69, 9.17) is 5.73 Å². The van der Waals surface area contributed by atoms with Gasteiger partial charge in [0.2, 0.25) is 4.96 Å². The molecule has 0 saturated heterocycles. The number of hydrogen-bond donors (Lipinski definition) is 1. The maximum atomic E-state index is 5.56. The molecule has 2 aromatic heterocycles. The molecule has 5 nitrogen and oxygen atoms in total. The van der Waals surface area contributed by atoms with Crippen molar-refractivity contribution in [1.29, 1.82) is 0 Å². The largest absolute Gasteiger partial charge is 0.330 e. The predicted molar refractivity (Wildman–Crippen MR) is 76.3 cm³/mol. The van der Waals surface area contributed by atoms with Gasteiger partial charge in [-0.1, -0.05) is 23.5 Å². The van der Waals surface area contributed by atoms with Gasteiger partial charge < -0.3 is 5.73 Å². The molecule has 0 radical (unpaired) electrons. The summed E-state index contributed by atoms with van der Waals surface area (Å²) in [6, 6.07) is 6.27. The van der Waals surface area contributed by atoms with Gasteiger partial charge in [-0.05, 0) is 37.6 Å². The van der Waals surface area contributed by atoms with Crippen molar-refractivity contribution >= 4 is 16.3 Å². The quantitative estimate of drug-likeness (QED) is 0.792. The molecule has 2 N–H and O–H groups in total. The summed E-state index contributed by atoms with van der Waals surface area (Å²) in [6.07, 6.45) is 0.778. The van der Waals surface area contributed by atoms with E-state index >= 15 is 0 Å². The third kappa shape index (κ3) is 2.13. The van der Waals surface area contributed by atoms with Crippen LogP contribution in [0.15, 0.2) is 18.2 Å². The topological polar surface area (TPSA) is 69.1 Å². The van der Waals surface area contributed by atoms with Crippen LogP contribution in [0, 0.1) is 13.8 Å². The van der Waals surface area contributed by atoms with Gasteiger partial charge in [0, 0.05) is 12.0 Å². The Bertz CT molecular complexity index is 728. The molecule has 0 unspecified atom stereocenters. The Morgan fingerprint density at radius 1 is 1.21 bits per heavy atom. The third-order valence-electron chi connectivity index (χ3n) is 3.16. The van der Waals surface area contributed by atoms with Crippen molar-refractivity contribution in [2.24, 2.45) is 5.73 Å². The van der Waals surface area contributed by atoms with Crippen LogP contribution in [-0.2, 0) is 6.42 Å². The molecule has 3 rings (SSSR count). The molecule has 0 fully saturated rings. The number of fused-ring (bicyclic) bond motifs is 1. The lowest BCUT2D eigenvalue weighted by molar-refractivity contribution is 0.871. The minimum Gasteiger partial charge on any atom is -0.330 e. The van der Waals surface area contributed by atoms with Crippen LogP contribution in [0.1, 0.15) is 16.1 Å². The smallest absolute Gasteiger partial charge is 0.234 e. The second-order valence-corrected chi connectivity index (χ2v) is 5.59. The summed E-state index contributed by atoms with van der Waals surface area (Å²) in [5.41, 5.74) is 9.11. The Labute approximate surface area is 115 Å². The van der Waals surface area contributed by atoms with E-state index < -0.39 is 0 Å². The van der Waals surface area contributed by atoms with Crippen LogP contribution < -0.4 is 5.73 Å². The minimum absolute atomic E-state index is 0.600. The van der Waals surface area contributed by atoms with Gasteiger partial charge >= 0.3 is 0 Å². The number of aryl methyl sites for hydroxylation is 2. The highest BCUT2D eigenvalue weighted by Gasteiger charge is 2.13. The van der Waals surface area contributed by atoms with E-state index in [1.54, 1.807) is 15.9 Å². The first kappa shape index (κ1) is 12.3. The molecule has 98 valence electrons. The summed E-state index contributed by atoms with van der Waals surface area (Å²) in [4.78, 5) is 0.816. The zero-order chi connectivity index (χ0) is 13.4. The minimum atomic E-state index is 0.600. The molecule has 0 saturated carbocycles. The first-order chi connectivity index (χ1) is 9.19. The predicted octanol–water partition coefficient (Wildman–Crippen LogP) is 1.97. The fourth-order valence-corrected chi connectivity index (χ4v) is 2.79. The van der Waals surface area contributed by atoms with E-state index in [1.165, 1.54) is 11.1 Å². The Hall–Kier alpha value is -1.79. The molecule has 0 aliphatic carbocycles. The Kier molecular flexibility index (Phi) is 3.04. The van der Waals surface area contributed by atoms with Crippen LogP contribution >= 0.6 is 11.3 Å². The fraction of sp³-hybridized carbons (Fsp3) is 0.308. The highest BCUT2D eigenvalue weighted by Crippen LogP contribution is 2.23. The molecule has 1 aromatic carbocycles. The molecular weight excluding hydrogens is 258 g/mol. The Morgan fingerprint density at radius 3 is 2.79 bits per heavy atom. The van der Waals surface area contributed by atoms with Crippen LogP contribution in [0.2, 0.25) is 0 Å². The lowest BCUT2D eigenvalue weighted by atomic mass is 10.1. The summed E-state index contributed by atoms with van der Waals surface area (Å²) in [5.74, 6) is 0.789. The summed E-state index contributed by atoms with van der Waals surface area (Å²) in [5, 5.41) is 13.9. The van der Waals surface area contributed by atoms with Crippen LogP contribution in [0.25, 0.3) is 16.3 Å². The number of nitrogens with two attached hydrogens (primary N) is 1. The number of aromatic nitrogens is 4. The first-order valence-electron chi connectivity index (χ1n) is 6.18. The average molecular weight is 273 g/mol. The molecule has 0 aliphatic rings. The summed E-state index contributed by atoms with van der Waals surface area (Å²) in [6.45, 7) is 4.79. The number of nitrogens with zero attached hydrogens (tertiary/aromatic N) is 4. The van der Waals surface area contributed by atoms with Gasteiger partial charge in [-0.3, -0.25) is 0 Å². The molecule has 0 spiro atoms. The standard InChI is InChI=1S/C13H15N5S/c1-8-3-4-10(7-9(8)2)12-15-16-13-18(12)17-11(19-13)5-6-14/h3-4,7H,5-6,14H2,1-2H3. The first-order valence-corrected chi connectivity index (χ1v) is 6.99. The monoisotopic (exact) mass is 273 g/mol. The molecule has 3 aromatic rings. The third-order valence-corrected chi connectivity index (χ3v) is 4.11. The van der Waals surface area contributed by atoms with E-state index in [-0.39, 0.29) is 0 Å². The van der Waals surface area contributed by atoms with E-state index in [0.29, 0.717) is 6.54 Å². The van der Waals surface area contributed by atoms with Crippen LogP contribution in [0.4, 0.5) is 0 Å². The van der Waals surface area contributed by atoms with Crippen molar-refractivity contribution in [3.8, 4) is 11.4 Å². The van der Waals surface area contributed by atoms with E-state index in [2.05, 4.69) is 47.3 Å². The average Bonchev–Trinajstić information content (AvgIpc) is 2.93. The molecule has 0 bridgehead atoms. The molecule has 0 aliphatic heterocycles. The van der Waals surface area contributed by atoms with Gasteiger partial charge in [-0.25, -0.2) is 0 Å². The Morgan fingerprint density at radius 2 is 2.05 bits per heavy atom. The maximum absolute atomic E-state index is 5.56. The normalized spacial score (nSPS) is 11.3. The van der Waals surface area contributed by atoms with Crippen molar-refractivity contribution in [2.45, 2.75) is 20.3 Å². The number of rotatable bonds is 3. The fourth-order valence-electron chi connectivity index (χ4n) is 1.94. The van der Waals surface area contributed by atoms with Gasteiger partial charge in [0.1, 0.15) is 5.01 Å². The summed E-state index contributed by atoms with van der Waals surface area (Å²) < 4.78 is 1.81. The zero-order valence-electron chi connectivity index (χ0n) is 10.9. The molecule has 19 heavy (non-hydrogen) atoms. The number of hydrogen-bond acceptors (Lipinski definition) is 5. The van der Waals surface area contributed by atoms with E-state index in [0.717, 1.165) is 27.8 Å². The van der Waals surface area contributed by atoms with Crippen molar-refractivity contribution in [2.75, 3.05) is 6.54 Å². The van der Waals surface area contributed by atoms with E-state index in [9.17, 15) is 0 Å². The van der Waals surface area contributed by atoms with E-state index in [1.807, 2.05) is 0 Å². The van der Waals surface area contributed by atoms with Crippen molar-refractivity contribution < 1.29 is 0 Å². The summed E-state index contributed by atoms with van der Waals surface area (Å²) in [7, 11) is 0. The molecule has 6 heteroatoms. The van der Waals surface area contributed by atoms with Crippen molar-refractivity contribution in [1.82, 2.24) is 19.8 Å². The van der Waals surface area contributed by atoms with Gasteiger partial charge in [0.05, 0.1) is 0 Å². The van der Waals surface area contributed by atoms with Gasteiger partial charge in [-0.15, -0.1) is 10.2 Å². The lowest BCUT2D eigenvalue weighted by Gasteiger charge is -2.02. The highest BCUT2D eigenvalue weighted by atomic mass is 32.1. The van der Waals surface area contributed by atoms with Gasteiger partial charge in [0.15, 0.2) is 5.82 Å². The Balaban J connectivity index is 2.10. The molecule has 0 atom stereocenters. The van der Waals surface area contributed by atoms with Crippen LogP contribution in [0.3, 0.4) is 0 Å². The van der Waals surface area contributed by atoms with Gasteiger partial charge in [0.25, 0.3) is 0 Å². The van der Waals surface area contributed by atoms with Crippen LogP contribution in [-0.4, -0.2) is 26.4 Å². The van der Waals surface area contributed by atoms with Crippen molar-refractivity contribution in [3.05, 3.63) is 34.3 Å². The summed E-state index contributed by atoms with van der Waals surface area (Å²) >= 11 is 1.54. The van der Waals surface area contributed by atoms with Crippen LogP contribution in [0.5, 0.6) is 0 Å². The highest BCUT2D eigenvalue weighted by molar-refractivity contribution is 7.16. The zero-order valence-corrected chi connectivity index (χ0v) is 11.7. The lowest BCUT2D eigenvalue weighted by Crippen LogP contribution is -2.03. The van der Waals surface area contributed by atoms with Crippen molar-refractivity contribution in [3.63, 3.8) is 0 Å². The number of benzene rings is 1. The maximum Gasteiger partial charge on any atom is 0.234 e. The second-order valence-electron chi connectivity index (χ2n) is 4.55. The molecule has 2 heterocycles. The molecule has 0 amide bonds. The SMILES string of the molecule is Cc1ccc(-c2nnc3sc(CCN)nn23)cc1C.